The molecule has 2 rings (SSSR count). The third-order valence-electron chi connectivity index (χ3n) is 5.08. The van der Waals surface area contributed by atoms with Gasteiger partial charge in [0.1, 0.15) is 6.04 Å². The smallest absolute Gasteiger partial charge is 0.124 e. The number of likely N-dealkylation sites (N-methyl/N-ethyl adjacent to an activating group) is 1. The average Bonchev–Trinajstić information content (AvgIpc) is 2.55. The summed E-state index contributed by atoms with van der Waals surface area (Å²) >= 11 is 0. The zero-order chi connectivity index (χ0) is 17.0. The monoisotopic (exact) mass is 313 g/mol. The molecule has 0 bridgehead atoms. The lowest BCUT2D eigenvalue weighted by atomic mass is 9.86. The van der Waals surface area contributed by atoms with Gasteiger partial charge in [0.05, 0.1) is 6.07 Å². The van der Waals surface area contributed by atoms with Crippen molar-refractivity contribution in [2.75, 3.05) is 26.2 Å². The Morgan fingerprint density at radius 2 is 1.83 bits per heavy atom. The van der Waals surface area contributed by atoms with Crippen LogP contribution in [-0.2, 0) is 5.41 Å². The zero-order valence-electron chi connectivity index (χ0n) is 15.3. The Morgan fingerprint density at radius 1 is 1.17 bits per heavy atom. The van der Waals surface area contributed by atoms with E-state index < -0.39 is 0 Å². The largest absolute Gasteiger partial charge is 0.301 e. The minimum atomic E-state index is -0.132. The van der Waals surface area contributed by atoms with Gasteiger partial charge in [-0.25, -0.2) is 0 Å². The summed E-state index contributed by atoms with van der Waals surface area (Å²) in [5.41, 5.74) is 2.60. The third kappa shape index (κ3) is 4.13. The van der Waals surface area contributed by atoms with E-state index in [-0.39, 0.29) is 11.5 Å². The minimum absolute atomic E-state index is 0.132. The lowest BCUT2D eigenvalue weighted by Crippen LogP contribution is -2.53. The molecular formula is C20H31N3. The first-order valence-electron chi connectivity index (χ1n) is 8.88. The summed E-state index contributed by atoms with van der Waals surface area (Å²) in [5, 5.41) is 9.79. The Balaban J connectivity index is 2.20. The summed E-state index contributed by atoms with van der Waals surface area (Å²) in [5.74, 6) is 0. The predicted molar refractivity (Wildman–Crippen MR) is 96.4 cm³/mol. The van der Waals surface area contributed by atoms with Crippen molar-refractivity contribution >= 4 is 0 Å². The van der Waals surface area contributed by atoms with Crippen LogP contribution in [0.4, 0.5) is 0 Å². The number of nitrogens with zero attached hydrogens (tertiary/aromatic N) is 3. The summed E-state index contributed by atoms with van der Waals surface area (Å²) in [6.45, 7) is 15.3. The van der Waals surface area contributed by atoms with Gasteiger partial charge in [0.25, 0.3) is 0 Å². The maximum Gasteiger partial charge on any atom is 0.124 e. The van der Waals surface area contributed by atoms with E-state index in [1.165, 1.54) is 5.56 Å². The number of nitriles is 1. The van der Waals surface area contributed by atoms with Crippen molar-refractivity contribution in [1.82, 2.24) is 9.80 Å². The van der Waals surface area contributed by atoms with Crippen LogP contribution in [0.15, 0.2) is 24.3 Å². The van der Waals surface area contributed by atoms with Gasteiger partial charge >= 0.3 is 0 Å². The molecule has 1 aromatic carbocycles. The molecule has 2 atom stereocenters. The molecular weight excluding hydrogens is 282 g/mol. The highest BCUT2D eigenvalue weighted by Gasteiger charge is 2.31. The second-order valence-corrected chi connectivity index (χ2v) is 7.60. The van der Waals surface area contributed by atoms with Crippen molar-refractivity contribution in [3.63, 3.8) is 0 Å². The topological polar surface area (TPSA) is 30.3 Å². The van der Waals surface area contributed by atoms with Gasteiger partial charge in [-0.15, -0.1) is 0 Å². The molecule has 1 saturated heterocycles. The SMILES string of the molecule is CCC1CN(CC)CCN1C(C#N)c1ccc(C(C)(C)C)cc1. The molecule has 3 nitrogen and oxygen atoms in total. The zero-order valence-corrected chi connectivity index (χ0v) is 15.3. The van der Waals surface area contributed by atoms with Crippen LogP contribution in [0.1, 0.15) is 58.2 Å². The van der Waals surface area contributed by atoms with Gasteiger partial charge in [0.2, 0.25) is 0 Å². The Bertz CT molecular complexity index is 535. The Kier molecular flexibility index (Phi) is 5.84. The number of piperazine rings is 1. The maximum atomic E-state index is 9.79. The van der Waals surface area contributed by atoms with Crippen LogP contribution in [0.25, 0.3) is 0 Å². The molecule has 126 valence electrons. The van der Waals surface area contributed by atoms with Crippen molar-refractivity contribution in [1.29, 1.82) is 5.26 Å². The molecule has 0 radical (unpaired) electrons. The molecule has 0 spiro atoms. The molecule has 0 saturated carbocycles. The average molecular weight is 313 g/mol. The quantitative estimate of drug-likeness (QED) is 0.842. The van der Waals surface area contributed by atoms with Crippen molar-refractivity contribution in [2.45, 2.75) is 58.5 Å². The first kappa shape index (κ1) is 18.0. The van der Waals surface area contributed by atoms with Crippen LogP contribution in [0.3, 0.4) is 0 Å². The lowest BCUT2D eigenvalue weighted by molar-refractivity contribution is 0.0569. The molecule has 0 N–H and O–H groups in total. The van der Waals surface area contributed by atoms with Crippen LogP contribution >= 0.6 is 0 Å². The molecule has 1 aliphatic rings. The molecule has 1 fully saturated rings. The van der Waals surface area contributed by atoms with Gasteiger partial charge in [0, 0.05) is 25.7 Å². The number of hydrogen-bond donors (Lipinski definition) is 0. The minimum Gasteiger partial charge on any atom is -0.301 e. The number of rotatable bonds is 4. The first-order valence-corrected chi connectivity index (χ1v) is 8.88. The van der Waals surface area contributed by atoms with Crippen LogP contribution in [0.5, 0.6) is 0 Å². The second-order valence-electron chi connectivity index (χ2n) is 7.60. The van der Waals surface area contributed by atoms with Gasteiger partial charge in [-0.2, -0.15) is 5.26 Å². The predicted octanol–water partition coefficient (Wildman–Crippen LogP) is 3.96. The van der Waals surface area contributed by atoms with Crippen LogP contribution in [0, 0.1) is 11.3 Å². The molecule has 3 heteroatoms. The highest BCUT2D eigenvalue weighted by Crippen LogP contribution is 2.29. The van der Waals surface area contributed by atoms with Crippen molar-refractivity contribution in [3.8, 4) is 6.07 Å². The lowest BCUT2D eigenvalue weighted by Gasteiger charge is -2.43. The maximum absolute atomic E-state index is 9.79. The highest BCUT2D eigenvalue weighted by atomic mass is 15.3. The van der Waals surface area contributed by atoms with E-state index in [1.807, 2.05) is 0 Å². The molecule has 0 aliphatic carbocycles. The molecule has 1 aromatic rings. The van der Waals surface area contributed by atoms with Crippen LogP contribution in [0.2, 0.25) is 0 Å². The molecule has 0 amide bonds. The molecule has 0 aromatic heterocycles. The summed E-state index contributed by atoms with van der Waals surface area (Å²) in [4.78, 5) is 4.89. The van der Waals surface area contributed by atoms with Gasteiger partial charge in [-0.1, -0.05) is 58.9 Å². The highest BCUT2D eigenvalue weighted by molar-refractivity contribution is 5.31. The van der Waals surface area contributed by atoms with E-state index in [0.717, 1.165) is 38.2 Å². The first-order chi connectivity index (χ1) is 10.9. The van der Waals surface area contributed by atoms with E-state index in [9.17, 15) is 5.26 Å². The Hall–Kier alpha value is -1.37. The normalized spacial score (nSPS) is 21.8. The number of benzene rings is 1. The number of hydrogen-bond acceptors (Lipinski definition) is 3. The fourth-order valence-corrected chi connectivity index (χ4v) is 3.43. The van der Waals surface area contributed by atoms with E-state index in [4.69, 9.17) is 0 Å². The van der Waals surface area contributed by atoms with Crippen LogP contribution in [-0.4, -0.2) is 42.0 Å². The molecule has 2 unspecified atom stereocenters. The van der Waals surface area contributed by atoms with E-state index in [2.05, 4.69) is 74.8 Å². The van der Waals surface area contributed by atoms with E-state index in [1.54, 1.807) is 0 Å². The van der Waals surface area contributed by atoms with Crippen molar-refractivity contribution < 1.29 is 0 Å². The van der Waals surface area contributed by atoms with E-state index >= 15 is 0 Å². The standard InChI is InChI=1S/C20H31N3/c1-6-18-15-22(7-2)12-13-23(18)19(14-21)16-8-10-17(11-9-16)20(3,4)5/h8-11,18-19H,6-7,12-13,15H2,1-5H3. The summed E-state index contributed by atoms with van der Waals surface area (Å²) in [6.07, 6.45) is 1.09. The van der Waals surface area contributed by atoms with Crippen molar-refractivity contribution in [2.24, 2.45) is 0 Å². The van der Waals surface area contributed by atoms with Gasteiger partial charge in [-0.05, 0) is 29.5 Å². The van der Waals surface area contributed by atoms with Gasteiger partial charge in [0.15, 0.2) is 0 Å². The van der Waals surface area contributed by atoms with Crippen LogP contribution < -0.4 is 0 Å². The Labute approximate surface area is 141 Å². The summed E-state index contributed by atoms with van der Waals surface area (Å²) in [6, 6.07) is 11.5. The Morgan fingerprint density at radius 3 is 2.30 bits per heavy atom. The van der Waals surface area contributed by atoms with Gasteiger partial charge in [-0.3, -0.25) is 4.90 Å². The molecule has 1 heterocycles. The summed E-state index contributed by atoms with van der Waals surface area (Å²) in [7, 11) is 0. The third-order valence-corrected chi connectivity index (χ3v) is 5.08. The summed E-state index contributed by atoms with van der Waals surface area (Å²) < 4.78 is 0. The molecule has 23 heavy (non-hydrogen) atoms. The van der Waals surface area contributed by atoms with Crippen molar-refractivity contribution in [3.05, 3.63) is 35.4 Å². The molecule has 1 aliphatic heterocycles. The second kappa shape index (κ2) is 7.47. The van der Waals surface area contributed by atoms with Gasteiger partial charge < -0.3 is 4.90 Å². The fraction of sp³-hybridized carbons (Fsp3) is 0.650. The fourth-order valence-electron chi connectivity index (χ4n) is 3.43. The van der Waals surface area contributed by atoms with E-state index in [0.29, 0.717) is 6.04 Å².